The third-order valence-corrected chi connectivity index (χ3v) is 7.08. The van der Waals surface area contributed by atoms with Gasteiger partial charge in [-0.15, -0.1) is 0 Å². The van der Waals surface area contributed by atoms with Gasteiger partial charge in [0.25, 0.3) is 5.91 Å². The van der Waals surface area contributed by atoms with E-state index in [2.05, 4.69) is 12.2 Å². The second-order valence-electron chi connectivity index (χ2n) is 9.36. The number of piperidine rings is 2. The summed E-state index contributed by atoms with van der Waals surface area (Å²) in [6.07, 6.45) is 5.11. The maximum absolute atomic E-state index is 13.2. The molecular weight excluding hydrogens is 414 g/mol. The molecule has 2 aliphatic heterocycles. The first-order valence-electron chi connectivity index (χ1n) is 12.4. The zero-order valence-corrected chi connectivity index (χ0v) is 19.6. The van der Waals surface area contributed by atoms with Gasteiger partial charge in [-0.2, -0.15) is 0 Å². The van der Waals surface area contributed by atoms with E-state index in [1.807, 2.05) is 52.3 Å². The normalized spacial score (nSPS) is 19.5. The molecule has 0 radical (unpaired) electrons. The Morgan fingerprint density at radius 3 is 2.45 bits per heavy atom. The number of benzene rings is 2. The van der Waals surface area contributed by atoms with Gasteiger partial charge < -0.3 is 15.1 Å². The van der Waals surface area contributed by atoms with E-state index in [-0.39, 0.29) is 29.6 Å². The van der Waals surface area contributed by atoms with Gasteiger partial charge in [0.05, 0.1) is 5.92 Å². The summed E-state index contributed by atoms with van der Waals surface area (Å²) in [6.45, 7) is 5.25. The first-order chi connectivity index (χ1) is 16.1. The van der Waals surface area contributed by atoms with Gasteiger partial charge in [0.2, 0.25) is 11.8 Å². The summed E-state index contributed by atoms with van der Waals surface area (Å²) in [7, 11) is 0. The molecule has 1 N–H and O–H groups in total. The number of nitrogens with zero attached hydrogens (tertiary/aromatic N) is 2. The Balaban J connectivity index is 1.32. The predicted octanol–water partition coefficient (Wildman–Crippen LogP) is 3.85. The fraction of sp³-hybridized carbons (Fsp3) is 0.519. The van der Waals surface area contributed by atoms with E-state index in [0.29, 0.717) is 39.0 Å². The van der Waals surface area contributed by atoms with Crippen molar-refractivity contribution in [3.8, 4) is 0 Å². The SMILES string of the molecule is CCCCNC(=O)C1CCCN(C(=O)C2CCN(C(=O)c3cccc4ccccc34)CC2)C1. The molecule has 4 rings (SSSR count). The Labute approximate surface area is 196 Å². The first kappa shape index (κ1) is 23.3. The summed E-state index contributed by atoms with van der Waals surface area (Å²) in [5.41, 5.74) is 0.728. The molecule has 2 aromatic carbocycles. The van der Waals surface area contributed by atoms with Crippen molar-refractivity contribution in [2.45, 2.75) is 45.4 Å². The van der Waals surface area contributed by atoms with Crippen molar-refractivity contribution in [2.75, 3.05) is 32.7 Å². The third-order valence-electron chi connectivity index (χ3n) is 7.08. The van der Waals surface area contributed by atoms with Crippen molar-refractivity contribution in [2.24, 2.45) is 11.8 Å². The van der Waals surface area contributed by atoms with Gasteiger partial charge in [-0.05, 0) is 48.9 Å². The number of hydrogen-bond donors (Lipinski definition) is 1. The number of unbranched alkanes of at least 4 members (excludes halogenated alkanes) is 1. The van der Waals surface area contributed by atoms with Crippen LogP contribution in [0.15, 0.2) is 42.5 Å². The number of amides is 3. The highest BCUT2D eigenvalue weighted by atomic mass is 16.2. The van der Waals surface area contributed by atoms with Gasteiger partial charge in [-0.25, -0.2) is 0 Å². The summed E-state index contributed by atoms with van der Waals surface area (Å²) in [5, 5.41) is 5.05. The number of fused-ring (bicyclic) bond motifs is 1. The van der Waals surface area contributed by atoms with Gasteiger partial charge >= 0.3 is 0 Å². The lowest BCUT2D eigenvalue weighted by Crippen LogP contribution is -2.49. The molecule has 176 valence electrons. The molecule has 2 aliphatic rings. The predicted molar refractivity (Wildman–Crippen MR) is 130 cm³/mol. The molecule has 2 heterocycles. The minimum absolute atomic E-state index is 0.0412. The van der Waals surface area contributed by atoms with Crippen molar-refractivity contribution in [3.63, 3.8) is 0 Å². The van der Waals surface area contributed by atoms with E-state index in [0.717, 1.165) is 48.6 Å². The van der Waals surface area contributed by atoms with E-state index in [1.165, 1.54) is 0 Å². The molecule has 3 amide bonds. The Morgan fingerprint density at radius 1 is 0.909 bits per heavy atom. The van der Waals surface area contributed by atoms with Crippen LogP contribution < -0.4 is 5.32 Å². The standard InChI is InChI=1S/C27H35N3O3/c1-2-3-15-28-25(31)22-10-7-16-30(19-22)26(32)21-13-17-29(18-14-21)27(33)24-12-6-9-20-8-4-5-11-23(20)24/h4-6,8-9,11-12,21-22H,2-3,7,10,13-19H2,1H3,(H,28,31). The molecule has 0 aromatic heterocycles. The van der Waals surface area contributed by atoms with Crippen molar-refractivity contribution >= 4 is 28.5 Å². The summed E-state index contributed by atoms with van der Waals surface area (Å²) >= 11 is 0. The molecule has 2 aromatic rings. The number of likely N-dealkylation sites (tertiary alicyclic amines) is 2. The summed E-state index contributed by atoms with van der Waals surface area (Å²) in [6, 6.07) is 13.8. The molecule has 2 saturated heterocycles. The summed E-state index contributed by atoms with van der Waals surface area (Å²) in [4.78, 5) is 42.6. The zero-order chi connectivity index (χ0) is 23.2. The fourth-order valence-corrected chi connectivity index (χ4v) is 5.09. The molecular formula is C27H35N3O3. The van der Waals surface area contributed by atoms with Crippen LogP contribution in [0.25, 0.3) is 10.8 Å². The zero-order valence-electron chi connectivity index (χ0n) is 19.6. The summed E-state index contributed by atoms with van der Waals surface area (Å²) < 4.78 is 0. The molecule has 33 heavy (non-hydrogen) atoms. The highest BCUT2D eigenvalue weighted by molar-refractivity contribution is 6.07. The van der Waals surface area contributed by atoms with Crippen molar-refractivity contribution in [1.82, 2.24) is 15.1 Å². The lowest BCUT2D eigenvalue weighted by atomic mass is 9.91. The molecule has 2 fully saturated rings. The van der Waals surface area contributed by atoms with Crippen molar-refractivity contribution in [3.05, 3.63) is 48.0 Å². The summed E-state index contributed by atoms with van der Waals surface area (Å²) in [5.74, 6) is 0.102. The van der Waals surface area contributed by atoms with Crippen LogP contribution in [-0.4, -0.2) is 60.2 Å². The van der Waals surface area contributed by atoms with Gasteiger partial charge in [-0.3, -0.25) is 14.4 Å². The van der Waals surface area contributed by atoms with Gasteiger partial charge in [0, 0.05) is 44.2 Å². The van der Waals surface area contributed by atoms with E-state index in [4.69, 9.17) is 0 Å². The largest absolute Gasteiger partial charge is 0.356 e. The number of rotatable bonds is 6. The fourth-order valence-electron chi connectivity index (χ4n) is 5.09. The lowest BCUT2D eigenvalue weighted by molar-refractivity contribution is -0.140. The molecule has 0 saturated carbocycles. The molecule has 6 heteroatoms. The number of hydrogen-bond acceptors (Lipinski definition) is 3. The highest BCUT2D eigenvalue weighted by Crippen LogP contribution is 2.26. The van der Waals surface area contributed by atoms with Gasteiger partial charge in [0.15, 0.2) is 0 Å². The van der Waals surface area contributed by atoms with Crippen LogP contribution in [0.4, 0.5) is 0 Å². The van der Waals surface area contributed by atoms with Crippen LogP contribution in [0.1, 0.15) is 55.8 Å². The molecule has 6 nitrogen and oxygen atoms in total. The van der Waals surface area contributed by atoms with E-state index >= 15 is 0 Å². The molecule has 1 atom stereocenters. The average Bonchev–Trinajstić information content (AvgIpc) is 2.87. The molecule has 1 unspecified atom stereocenters. The van der Waals surface area contributed by atoms with Crippen molar-refractivity contribution in [1.29, 1.82) is 0 Å². The monoisotopic (exact) mass is 449 g/mol. The number of carbonyl (C=O) groups is 3. The van der Waals surface area contributed by atoms with Crippen molar-refractivity contribution < 1.29 is 14.4 Å². The smallest absolute Gasteiger partial charge is 0.254 e. The lowest BCUT2D eigenvalue weighted by Gasteiger charge is -2.37. The second kappa shape index (κ2) is 10.8. The average molecular weight is 450 g/mol. The van der Waals surface area contributed by atoms with Crippen LogP contribution in [0.2, 0.25) is 0 Å². The van der Waals surface area contributed by atoms with E-state index in [1.54, 1.807) is 0 Å². The minimum atomic E-state index is -0.104. The maximum atomic E-state index is 13.2. The van der Waals surface area contributed by atoms with Crippen LogP contribution in [-0.2, 0) is 9.59 Å². The van der Waals surface area contributed by atoms with Gasteiger partial charge in [0.1, 0.15) is 0 Å². The third kappa shape index (κ3) is 5.37. The van der Waals surface area contributed by atoms with Crippen LogP contribution in [0.3, 0.4) is 0 Å². The van der Waals surface area contributed by atoms with Crippen LogP contribution in [0, 0.1) is 11.8 Å². The number of carbonyl (C=O) groups excluding carboxylic acids is 3. The highest BCUT2D eigenvalue weighted by Gasteiger charge is 2.34. The molecule has 0 spiro atoms. The Kier molecular flexibility index (Phi) is 7.63. The maximum Gasteiger partial charge on any atom is 0.254 e. The number of nitrogens with one attached hydrogen (secondary N) is 1. The van der Waals surface area contributed by atoms with E-state index < -0.39 is 0 Å². The topological polar surface area (TPSA) is 69.7 Å². The van der Waals surface area contributed by atoms with Crippen LogP contribution in [0.5, 0.6) is 0 Å². The second-order valence-corrected chi connectivity index (χ2v) is 9.36. The first-order valence-corrected chi connectivity index (χ1v) is 12.4. The van der Waals surface area contributed by atoms with Crippen LogP contribution >= 0.6 is 0 Å². The Bertz CT molecular complexity index is 992. The van der Waals surface area contributed by atoms with Gasteiger partial charge in [-0.1, -0.05) is 49.7 Å². The Morgan fingerprint density at radius 2 is 1.67 bits per heavy atom. The quantitative estimate of drug-likeness (QED) is 0.681. The minimum Gasteiger partial charge on any atom is -0.356 e. The van der Waals surface area contributed by atoms with E-state index in [9.17, 15) is 14.4 Å². The molecule has 0 aliphatic carbocycles. The Hall–Kier alpha value is -2.89. The molecule has 0 bridgehead atoms.